The highest BCUT2D eigenvalue weighted by Gasteiger charge is 2.28. The molecule has 1 aliphatic heterocycles. The van der Waals surface area contributed by atoms with Gasteiger partial charge in [0, 0.05) is 24.8 Å². The van der Waals surface area contributed by atoms with Crippen molar-refractivity contribution in [1.29, 1.82) is 0 Å². The normalized spacial score (nSPS) is 16.4. The van der Waals surface area contributed by atoms with Gasteiger partial charge in [0.1, 0.15) is 17.3 Å². The van der Waals surface area contributed by atoms with E-state index in [4.69, 9.17) is 9.15 Å². The Kier molecular flexibility index (Phi) is 5.74. The molecule has 0 bridgehead atoms. The highest BCUT2D eigenvalue weighted by atomic mass is 16.6. The standard InChI is InChI=1S/C22H27N3O4/c1-16-7-10-20(28-16)15-25(18-5-2-3-6-18)21(26)23-17-8-11-19(12-9-17)29-22(27)24-13-4-14-24/h7-12,18H,2-6,13-15H2,1H3,(H,23,26). The Hall–Kier alpha value is -2.96. The van der Waals surface area contributed by atoms with Crippen LogP contribution in [0.4, 0.5) is 15.3 Å². The summed E-state index contributed by atoms with van der Waals surface area (Å²) in [5, 5.41) is 2.97. The van der Waals surface area contributed by atoms with Crippen LogP contribution in [-0.4, -0.2) is 41.1 Å². The van der Waals surface area contributed by atoms with Gasteiger partial charge >= 0.3 is 12.1 Å². The zero-order chi connectivity index (χ0) is 20.2. The maximum absolute atomic E-state index is 13.0. The minimum atomic E-state index is -0.325. The number of carbonyl (C=O) groups excluding carboxylic acids is 2. The Labute approximate surface area is 170 Å². The third kappa shape index (κ3) is 4.72. The molecule has 1 aliphatic carbocycles. The molecule has 0 atom stereocenters. The molecule has 154 valence electrons. The summed E-state index contributed by atoms with van der Waals surface area (Å²) in [6, 6.07) is 10.8. The van der Waals surface area contributed by atoms with E-state index in [9.17, 15) is 9.59 Å². The SMILES string of the molecule is Cc1ccc(CN(C(=O)Nc2ccc(OC(=O)N3CCC3)cc2)C2CCCC2)o1. The first-order chi connectivity index (χ1) is 14.1. The van der Waals surface area contributed by atoms with E-state index in [0.29, 0.717) is 18.0 Å². The summed E-state index contributed by atoms with van der Waals surface area (Å²) in [5.74, 6) is 2.10. The van der Waals surface area contributed by atoms with Crippen LogP contribution in [0.15, 0.2) is 40.8 Å². The number of nitrogens with zero attached hydrogens (tertiary/aromatic N) is 2. The molecule has 2 aliphatic rings. The van der Waals surface area contributed by atoms with Gasteiger partial charge in [-0.05, 0) is 62.6 Å². The van der Waals surface area contributed by atoms with E-state index < -0.39 is 0 Å². The molecule has 0 spiro atoms. The van der Waals surface area contributed by atoms with Crippen LogP contribution in [0.5, 0.6) is 5.75 Å². The van der Waals surface area contributed by atoms with E-state index in [1.54, 1.807) is 29.2 Å². The quantitative estimate of drug-likeness (QED) is 0.789. The van der Waals surface area contributed by atoms with E-state index in [0.717, 1.165) is 56.7 Å². The molecule has 1 N–H and O–H groups in total. The van der Waals surface area contributed by atoms with Gasteiger partial charge in [-0.15, -0.1) is 0 Å². The molecule has 2 fully saturated rings. The van der Waals surface area contributed by atoms with Crippen LogP contribution in [0, 0.1) is 6.92 Å². The van der Waals surface area contributed by atoms with Gasteiger partial charge in [-0.3, -0.25) is 0 Å². The maximum atomic E-state index is 13.0. The van der Waals surface area contributed by atoms with E-state index >= 15 is 0 Å². The number of furan rings is 1. The molecule has 2 aromatic rings. The summed E-state index contributed by atoms with van der Waals surface area (Å²) in [6.45, 7) is 3.86. The van der Waals surface area contributed by atoms with E-state index in [1.807, 2.05) is 24.0 Å². The number of ether oxygens (including phenoxy) is 1. The molecule has 29 heavy (non-hydrogen) atoms. The molecule has 1 aromatic carbocycles. The summed E-state index contributed by atoms with van der Waals surface area (Å²) in [7, 11) is 0. The van der Waals surface area contributed by atoms with Crippen molar-refractivity contribution in [2.75, 3.05) is 18.4 Å². The maximum Gasteiger partial charge on any atom is 0.415 e. The van der Waals surface area contributed by atoms with Crippen molar-refractivity contribution in [3.63, 3.8) is 0 Å². The van der Waals surface area contributed by atoms with Crippen molar-refractivity contribution in [2.24, 2.45) is 0 Å². The monoisotopic (exact) mass is 397 g/mol. The van der Waals surface area contributed by atoms with Gasteiger partial charge in [0.2, 0.25) is 0 Å². The Morgan fingerprint density at radius 1 is 1.10 bits per heavy atom. The smallest absolute Gasteiger partial charge is 0.415 e. The van der Waals surface area contributed by atoms with Gasteiger partial charge in [0.05, 0.1) is 6.54 Å². The Bertz CT molecular complexity index is 851. The lowest BCUT2D eigenvalue weighted by Gasteiger charge is -2.29. The summed E-state index contributed by atoms with van der Waals surface area (Å²) >= 11 is 0. The average Bonchev–Trinajstić information content (AvgIpc) is 3.31. The lowest BCUT2D eigenvalue weighted by atomic mass is 10.2. The fourth-order valence-electron chi connectivity index (χ4n) is 3.79. The number of hydrogen-bond acceptors (Lipinski definition) is 4. The number of carbonyl (C=O) groups is 2. The first-order valence-corrected chi connectivity index (χ1v) is 10.3. The third-order valence-corrected chi connectivity index (χ3v) is 5.57. The molecular formula is C22H27N3O4. The second-order valence-corrected chi connectivity index (χ2v) is 7.74. The highest BCUT2D eigenvalue weighted by Crippen LogP contribution is 2.26. The van der Waals surface area contributed by atoms with Gasteiger partial charge in [-0.1, -0.05) is 12.8 Å². The molecule has 3 amide bonds. The second-order valence-electron chi connectivity index (χ2n) is 7.74. The number of urea groups is 1. The van der Waals surface area contributed by atoms with Crippen molar-refractivity contribution < 1.29 is 18.7 Å². The highest BCUT2D eigenvalue weighted by molar-refractivity contribution is 5.89. The van der Waals surface area contributed by atoms with Gasteiger partial charge in [-0.2, -0.15) is 0 Å². The average molecular weight is 397 g/mol. The van der Waals surface area contributed by atoms with E-state index in [2.05, 4.69) is 5.32 Å². The zero-order valence-electron chi connectivity index (χ0n) is 16.7. The summed E-state index contributed by atoms with van der Waals surface area (Å²) in [4.78, 5) is 28.4. The van der Waals surface area contributed by atoms with E-state index in [-0.39, 0.29) is 18.2 Å². The molecule has 1 aromatic heterocycles. The molecule has 0 radical (unpaired) electrons. The molecule has 2 heterocycles. The van der Waals surface area contributed by atoms with E-state index in [1.165, 1.54) is 0 Å². The number of nitrogens with one attached hydrogen (secondary N) is 1. The fraction of sp³-hybridized carbons (Fsp3) is 0.455. The van der Waals surface area contributed by atoms with Crippen LogP contribution in [0.2, 0.25) is 0 Å². The molecule has 0 unspecified atom stereocenters. The second kappa shape index (κ2) is 8.59. The Balaban J connectivity index is 1.39. The van der Waals surface area contributed by atoms with Crippen LogP contribution in [0.1, 0.15) is 43.6 Å². The summed E-state index contributed by atoms with van der Waals surface area (Å²) < 4.78 is 11.0. The van der Waals surface area contributed by atoms with Gasteiger partial charge in [0.25, 0.3) is 0 Å². The lowest BCUT2D eigenvalue weighted by molar-refractivity contribution is 0.125. The van der Waals surface area contributed by atoms with Crippen LogP contribution < -0.4 is 10.1 Å². The van der Waals surface area contributed by atoms with Crippen molar-refractivity contribution in [2.45, 2.75) is 51.6 Å². The number of benzene rings is 1. The third-order valence-electron chi connectivity index (χ3n) is 5.57. The molecule has 7 nitrogen and oxygen atoms in total. The van der Waals surface area contributed by atoms with Crippen LogP contribution in [0.25, 0.3) is 0 Å². The van der Waals surface area contributed by atoms with Crippen molar-refractivity contribution in [1.82, 2.24) is 9.80 Å². The number of amides is 3. The predicted octanol–water partition coefficient (Wildman–Crippen LogP) is 4.77. The first-order valence-electron chi connectivity index (χ1n) is 10.3. The van der Waals surface area contributed by atoms with Crippen molar-refractivity contribution in [3.05, 3.63) is 47.9 Å². The largest absolute Gasteiger partial charge is 0.464 e. The number of aryl methyl sites for hydroxylation is 1. The Morgan fingerprint density at radius 3 is 2.41 bits per heavy atom. The first kappa shape index (κ1) is 19.4. The summed E-state index contributed by atoms with van der Waals surface area (Å²) in [5.41, 5.74) is 0.664. The minimum Gasteiger partial charge on any atom is -0.464 e. The van der Waals surface area contributed by atoms with Crippen molar-refractivity contribution in [3.8, 4) is 5.75 Å². The number of hydrogen-bond donors (Lipinski definition) is 1. The minimum absolute atomic E-state index is 0.142. The van der Waals surface area contributed by atoms with Crippen LogP contribution in [-0.2, 0) is 6.54 Å². The molecule has 1 saturated heterocycles. The zero-order valence-corrected chi connectivity index (χ0v) is 16.7. The fourth-order valence-corrected chi connectivity index (χ4v) is 3.79. The molecular weight excluding hydrogens is 370 g/mol. The van der Waals surface area contributed by atoms with Gasteiger partial charge in [0.15, 0.2) is 0 Å². The molecule has 7 heteroatoms. The van der Waals surface area contributed by atoms with Crippen molar-refractivity contribution >= 4 is 17.8 Å². The molecule has 4 rings (SSSR count). The molecule has 1 saturated carbocycles. The lowest BCUT2D eigenvalue weighted by Crippen LogP contribution is -2.43. The predicted molar refractivity (Wildman–Crippen MR) is 109 cm³/mol. The number of likely N-dealkylation sites (tertiary alicyclic amines) is 1. The van der Waals surface area contributed by atoms with Gasteiger partial charge < -0.3 is 24.3 Å². The number of anilines is 1. The van der Waals surface area contributed by atoms with Crippen LogP contribution in [0.3, 0.4) is 0 Å². The van der Waals surface area contributed by atoms with Gasteiger partial charge in [-0.25, -0.2) is 9.59 Å². The topological polar surface area (TPSA) is 75.0 Å². The Morgan fingerprint density at radius 2 is 1.83 bits per heavy atom. The number of rotatable bonds is 5. The van der Waals surface area contributed by atoms with Crippen LogP contribution >= 0.6 is 0 Å². The summed E-state index contributed by atoms with van der Waals surface area (Å²) in [6.07, 6.45) is 5.01.